The summed E-state index contributed by atoms with van der Waals surface area (Å²) in [5, 5.41) is 2.66. The van der Waals surface area contributed by atoms with Crippen molar-refractivity contribution in [2.24, 2.45) is 0 Å². The molecule has 1 amide bonds. The SMILES string of the molecule is COc1ccc(S(=O)(=O)CCC(=O)Nc2ccccc2)cc1. The summed E-state index contributed by atoms with van der Waals surface area (Å²) in [7, 11) is -1.98. The van der Waals surface area contributed by atoms with Crippen molar-refractivity contribution in [1.29, 1.82) is 0 Å². The van der Waals surface area contributed by atoms with Gasteiger partial charge in [0.2, 0.25) is 5.91 Å². The number of nitrogens with one attached hydrogen (secondary N) is 1. The maximum atomic E-state index is 12.2. The molecular weight excluding hydrogens is 302 g/mol. The van der Waals surface area contributed by atoms with E-state index >= 15 is 0 Å². The summed E-state index contributed by atoms with van der Waals surface area (Å²) in [5.41, 5.74) is 0.648. The number of carbonyl (C=O) groups is 1. The van der Waals surface area contributed by atoms with Gasteiger partial charge >= 0.3 is 0 Å². The topological polar surface area (TPSA) is 72.5 Å². The summed E-state index contributed by atoms with van der Waals surface area (Å²) in [6.07, 6.45) is -0.0940. The van der Waals surface area contributed by atoms with Gasteiger partial charge < -0.3 is 10.1 Å². The van der Waals surface area contributed by atoms with Crippen molar-refractivity contribution in [3.63, 3.8) is 0 Å². The van der Waals surface area contributed by atoms with Crippen molar-refractivity contribution < 1.29 is 17.9 Å². The highest BCUT2D eigenvalue weighted by Gasteiger charge is 2.16. The predicted molar refractivity (Wildman–Crippen MR) is 84.7 cm³/mol. The van der Waals surface area contributed by atoms with Crippen molar-refractivity contribution in [3.8, 4) is 5.75 Å². The Kier molecular flexibility index (Phi) is 5.16. The number of para-hydroxylation sites is 1. The van der Waals surface area contributed by atoms with E-state index in [9.17, 15) is 13.2 Å². The van der Waals surface area contributed by atoms with Crippen molar-refractivity contribution in [2.75, 3.05) is 18.2 Å². The van der Waals surface area contributed by atoms with E-state index in [4.69, 9.17) is 4.74 Å². The lowest BCUT2D eigenvalue weighted by Crippen LogP contribution is -2.17. The van der Waals surface area contributed by atoms with Crippen LogP contribution in [-0.4, -0.2) is 27.2 Å². The zero-order valence-corrected chi connectivity index (χ0v) is 13.0. The average molecular weight is 319 g/mol. The van der Waals surface area contributed by atoms with Crippen LogP contribution in [0, 0.1) is 0 Å². The summed E-state index contributed by atoms with van der Waals surface area (Å²) in [6.45, 7) is 0. The van der Waals surface area contributed by atoms with Crippen LogP contribution in [0.15, 0.2) is 59.5 Å². The molecule has 2 aromatic rings. The second-order valence-corrected chi connectivity index (χ2v) is 6.77. The molecule has 22 heavy (non-hydrogen) atoms. The molecule has 0 aliphatic heterocycles. The van der Waals surface area contributed by atoms with Gasteiger partial charge in [0.25, 0.3) is 0 Å². The number of benzene rings is 2. The van der Waals surface area contributed by atoms with E-state index in [1.165, 1.54) is 19.2 Å². The molecule has 0 aliphatic rings. The van der Waals surface area contributed by atoms with E-state index in [0.29, 0.717) is 11.4 Å². The van der Waals surface area contributed by atoms with E-state index in [2.05, 4.69) is 5.32 Å². The Morgan fingerprint density at radius 1 is 1.05 bits per heavy atom. The number of hydrogen-bond acceptors (Lipinski definition) is 4. The first-order valence-electron chi connectivity index (χ1n) is 6.73. The minimum atomic E-state index is -3.49. The Balaban J connectivity index is 1.95. The van der Waals surface area contributed by atoms with E-state index in [1.54, 1.807) is 36.4 Å². The van der Waals surface area contributed by atoms with Crippen LogP contribution in [0.25, 0.3) is 0 Å². The monoisotopic (exact) mass is 319 g/mol. The van der Waals surface area contributed by atoms with Gasteiger partial charge in [-0.1, -0.05) is 18.2 Å². The molecule has 0 unspecified atom stereocenters. The van der Waals surface area contributed by atoms with Crippen LogP contribution in [0.3, 0.4) is 0 Å². The smallest absolute Gasteiger partial charge is 0.225 e. The first kappa shape index (κ1) is 16.0. The van der Waals surface area contributed by atoms with Gasteiger partial charge in [-0.3, -0.25) is 4.79 Å². The third-order valence-electron chi connectivity index (χ3n) is 3.07. The Hall–Kier alpha value is -2.34. The molecule has 0 saturated heterocycles. The molecule has 2 aromatic carbocycles. The minimum Gasteiger partial charge on any atom is -0.497 e. The standard InChI is InChI=1S/C16H17NO4S/c1-21-14-7-9-15(10-8-14)22(19,20)12-11-16(18)17-13-5-3-2-4-6-13/h2-10H,11-12H2,1H3,(H,17,18). The fourth-order valence-electron chi connectivity index (χ4n) is 1.87. The lowest BCUT2D eigenvalue weighted by atomic mass is 10.3. The molecule has 6 heteroatoms. The Morgan fingerprint density at radius 2 is 1.68 bits per heavy atom. The number of amides is 1. The highest BCUT2D eigenvalue weighted by Crippen LogP contribution is 2.17. The van der Waals surface area contributed by atoms with Gasteiger partial charge in [0.15, 0.2) is 9.84 Å². The van der Waals surface area contributed by atoms with Gasteiger partial charge in [0.1, 0.15) is 5.75 Å². The fraction of sp³-hybridized carbons (Fsp3) is 0.188. The molecular formula is C16H17NO4S. The molecule has 0 radical (unpaired) electrons. The molecule has 116 valence electrons. The second-order valence-electron chi connectivity index (χ2n) is 4.66. The van der Waals surface area contributed by atoms with Crippen LogP contribution in [0.2, 0.25) is 0 Å². The van der Waals surface area contributed by atoms with Gasteiger partial charge in [-0.25, -0.2) is 8.42 Å². The summed E-state index contributed by atoms with van der Waals surface area (Å²) in [4.78, 5) is 12.0. The predicted octanol–water partition coefficient (Wildman–Crippen LogP) is 2.50. The molecule has 0 spiro atoms. The van der Waals surface area contributed by atoms with Gasteiger partial charge in [0, 0.05) is 12.1 Å². The molecule has 1 N–H and O–H groups in total. The average Bonchev–Trinajstić information content (AvgIpc) is 2.54. The number of hydrogen-bond donors (Lipinski definition) is 1. The van der Waals surface area contributed by atoms with E-state index < -0.39 is 9.84 Å². The van der Waals surface area contributed by atoms with Crippen LogP contribution in [0.5, 0.6) is 5.75 Å². The van der Waals surface area contributed by atoms with Gasteiger partial charge in [-0.05, 0) is 36.4 Å². The Labute approximate surface area is 129 Å². The zero-order valence-electron chi connectivity index (χ0n) is 12.2. The maximum absolute atomic E-state index is 12.2. The first-order chi connectivity index (χ1) is 10.5. The molecule has 5 nitrogen and oxygen atoms in total. The second kappa shape index (κ2) is 7.09. The number of rotatable bonds is 6. The van der Waals surface area contributed by atoms with E-state index in [0.717, 1.165) is 0 Å². The lowest BCUT2D eigenvalue weighted by Gasteiger charge is -2.07. The largest absolute Gasteiger partial charge is 0.497 e. The third kappa shape index (κ3) is 4.33. The van der Waals surface area contributed by atoms with Gasteiger partial charge in [-0.2, -0.15) is 0 Å². The summed E-state index contributed by atoms with van der Waals surface area (Å²) in [6, 6.07) is 15.0. The lowest BCUT2D eigenvalue weighted by molar-refractivity contribution is -0.115. The highest BCUT2D eigenvalue weighted by molar-refractivity contribution is 7.91. The van der Waals surface area contributed by atoms with Crippen LogP contribution in [-0.2, 0) is 14.6 Å². The normalized spacial score (nSPS) is 11.0. The highest BCUT2D eigenvalue weighted by atomic mass is 32.2. The quantitative estimate of drug-likeness (QED) is 0.888. The molecule has 0 aromatic heterocycles. The van der Waals surface area contributed by atoms with Crippen LogP contribution in [0.1, 0.15) is 6.42 Å². The minimum absolute atomic E-state index is 0.0940. The molecule has 0 heterocycles. The molecule has 0 fully saturated rings. The first-order valence-corrected chi connectivity index (χ1v) is 8.38. The molecule has 0 saturated carbocycles. The summed E-state index contributed by atoms with van der Waals surface area (Å²) in [5.74, 6) is 0.0157. The zero-order chi connectivity index (χ0) is 16.0. The number of sulfone groups is 1. The van der Waals surface area contributed by atoms with Gasteiger partial charge in [0.05, 0.1) is 17.8 Å². The van der Waals surface area contributed by atoms with Crippen LogP contribution >= 0.6 is 0 Å². The molecule has 0 atom stereocenters. The molecule has 2 rings (SSSR count). The number of anilines is 1. The van der Waals surface area contributed by atoms with Crippen molar-refractivity contribution in [2.45, 2.75) is 11.3 Å². The van der Waals surface area contributed by atoms with Crippen molar-refractivity contribution >= 4 is 21.4 Å². The maximum Gasteiger partial charge on any atom is 0.225 e. The van der Waals surface area contributed by atoms with Gasteiger partial charge in [-0.15, -0.1) is 0 Å². The molecule has 0 aliphatic carbocycles. The van der Waals surface area contributed by atoms with Crippen LogP contribution in [0.4, 0.5) is 5.69 Å². The van der Waals surface area contributed by atoms with Crippen molar-refractivity contribution in [3.05, 3.63) is 54.6 Å². The van der Waals surface area contributed by atoms with E-state index in [1.807, 2.05) is 6.07 Å². The van der Waals surface area contributed by atoms with Crippen LogP contribution < -0.4 is 10.1 Å². The summed E-state index contributed by atoms with van der Waals surface area (Å²) < 4.78 is 29.3. The van der Waals surface area contributed by atoms with E-state index in [-0.39, 0.29) is 23.0 Å². The Bertz CT molecular complexity index is 725. The number of carbonyl (C=O) groups excluding carboxylic acids is 1. The number of methoxy groups -OCH3 is 1. The molecule has 0 bridgehead atoms. The summed E-state index contributed by atoms with van der Waals surface area (Å²) >= 11 is 0. The third-order valence-corrected chi connectivity index (χ3v) is 4.81. The fourth-order valence-corrected chi connectivity index (χ4v) is 3.11. The van der Waals surface area contributed by atoms with Crippen molar-refractivity contribution in [1.82, 2.24) is 0 Å². The number of ether oxygens (including phenoxy) is 1. The Morgan fingerprint density at radius 3 is 2.27 bits per heavy atom.